The van der Waals surface area contributed by atoms with Crippen molar-refractivity contribution >= 4 is 29.0 Å². The number of carbonyl (C=O) groups is 1. The Morgan fingerprint density at radius 1 is 1.39 bits per heavy atom. The van der Waals surface area contributed by atoms with Crippen LogP contribution in [0.2, 0.25) is 5.15 Å². The van der Waals surface area contributed by atoms with E-state index in [9.17, 15) is 4.79 Å². The molecule has 1 amide bonds. The number of nitrogens with one attached hydrogen (secondary N) is 1. The summed E-state index contributed by atoms with van der Waals surface area (Å²) in [7, 11) is 0. The van der Waals surface area contributed by atoms with E-state index in [0.717, 1.165) is 5.56 Å². The summed E-state index contributed by atoms with van der Waals surface area (Å²) < 4.78 is 0. The molecule has 2 aromatic rings. The maximum absolute atomic E-state index is 12.0. The molecule has 18 heavy (non-hydrogen) atoms. The Morgan fingerprint density at radius 3 is 2.89 bits per heavy atom. The first kappa shape index (κ1) is 12.3. The van der Waals surface area contributed by atoms with E-state index in [2.05, 4.69) is 15.3 Å². The van der Waals surface area contributed by atoms with Crippen LogP contribution >= 0.6 is 11.6 Å². The minimum atomic E-state index is -0.391. The van der Waals surface area contributed by atoms with Crippen LogP contribution in [0.3, 0.4) is 0 Å². The van der Waals surface area contributed by atoms with Gasteiger partial charge in [-0.2, -0.15) is 0 Å². The second kappa shape index (κ2) is 5.01. The highest BCUT2D eigenvalue weighted by Crippen LogP contribution is 2.17. The number of nitrogens with two attached hydrogens (primary N) is 1. The molecule has 0 radical (unpaired) electrons. The van der Waals surface area contributed by atoms with Gasteiger partial charge in [-0.05, 0) is 30.7 Å². The van der Waals surface area contributed by atoms with Gasteiger partial charge >= 0.3 is 0 Å². The van der Waals surface area contributed by atoms with Gasteiger partial charge < -0.3 is 11.1 Å². The van der Waals surface area contributed by atoms with Gasteiger partial charge in [0.1, 0.15) is 11.0 Å². The maximum atomic E-state index is 12.0. The normalized spacial score (nSPS) is 10.1. The Labute approximate surface area is 109 Å². The zero-order chi connectivity index (χ0) is 13.1. The molecule has 6 heteroatoms. The van der Waals surface area contributed by atoms with E-state index < -0.39 is 5.91 Å². The Kier molecular flexibility index (Phi) is 3.43. The van der Waals surface area contributed by atoms with Crippen molar-refractivity contribution in [3.63, 3.8) is 0 Å². The van der Waals surface area contributed by atoms with E-state index in [1.54, 1.807) is 12.3 Å². The molecule has 2 heterocycles. The summed E-state index contributed by atoms with van der Waals surface area (Å²) in [6, 6.07) is 5.07. The summed E-state index contributed by atoms with van der Waals surface area (Å²) in [6.07, 6.45) is 3.01. The molecule has 0 saturated carbocycles. The Bertz CT molecular complexity index is 600. The Balaban J connectivity index is 2.24. The molecule has 2 rings (SSSR count). The third-order valence-corrected chi connectivity index (χ3v) is 2.56. The molecule has 0 saturated heterocycles. The summed E-state index contributed by atoms with van der Waals surface area (Å²) in [6.45, 7) is 1.91. The van der Waals surface area contributed by atoms with Crippen molar-refractivity contribution in [1.29, 1.82) is 0 Å². The highest BCUT2D eigenvalue weighted by Gasteiger charge is 2.12. The molecule has 0 aliphatic carbocycles. The molecular weight excluding hydrogens is 252 g/mol. The van der Waals surface area contributed by atoms with Crippen LogP contribution in [0.1, 0.15) is 15.9 Å². The summed E-state index contributed by atoms with van der Waals surface area (Å²) in [5, 5.41) is 2.74. The van der Waals surface area contributed by atoms with E-state index in [1.165, 1.54) is 12.3 Å². The second-order valence-corrected chi connectivity index (χ2v) is 4.14. The van der Waals surface area contributed by atoms with E-state index in [-0.39, 0.29) is 10.7 Å². The lowest BCUT2D eigenvalue weighted by molar-refractivity contribution is 0.102. The van der Waals surface area contributed by atoms with Crippen LogP contribution in [0.4, 0.5) is 11.5 Å². The van der Waals surface area contributed by atoms with Gasteiger partial charge in [-0.25, -0.2) is 9.97 Å². The van der Waals surface area contributed by atoms with Crippen molar-refractivity contribution in [3.8, 4) is 0 Å². The molecule has 3 N–H and O–H groups in total. The number of nitrogens with zero attached hydrogens (tertiary/aromatic N) is 2. The molecule has 0 aliphatic heterocycles. The summed E-state index contributed by atoms with van der Waals surface area (Å²) in [5.41, 5.74) is 7.16. The van der Waals surface area contributed by atoms with E-state index in [0.29, 0.717) is 11.5 Å². The van der Waals surface area contributed by atoms with Crippen molar-refractivity contribution in [2.24, 2.45) is 0 Å². The first-order chi connectivity index (χ1) is 8.56. The Hall–Kier alpha value is -2.14. The van der Waals surface area contributed by atoms with Crippen LogP contribution in [0.25, 0.3) is 0 Å². The lowest BCUT2D eigenvalue weighted by atomic mass is 10.2. The Morgan fingerprint density at radius 2 is 2.17 bits per heavy atom. The van der Waals surface area contributed by atoms with Crippen molar-refractivity contribution in [2.45, 2.75) is 6.92 Å². The number of hydrogen-bond donors (Lipinski definition) is 2. The number of amides is 1. The maximum Gasteiger partial charge on any atom is 0.260 e. The van der Waals surface area contributed by atoms with Gasteiger partial charge in [-0.15, -0.1) is 0 Å². The van der Waals surface area contributed by atoms with Gasteiger partial charge in [-0.3, -0.25) is 4.79 Å². The number of nitrogen functional groups attached to an aromatic ring is 1. The van der Waals surface area contributed by atoms with E-state index >= 15 is 0 Å². The number of hydrogen-bond acceptors (Lipinski definition) is 4. The highest BCUT2D eigenvalue weighted by atomic mass is 35.5. The van der Waals surface area contributed by atoms with E-state index in [1.807, 2.05) is 13.0 Å². The number of aromatic nitrogens is 2. The van der Waals surface area contributed by atoms with E-state index in [4.69, 9.17) is 17.3 Å². The molecule has 0 atom stereocenters. The summed E-state index contributed by atoms with van der Waals surface area (Å²) in [4.78, 5) is 19.8. The zero-order valence-corrected chi connectivity index (χ0v) is 10.4. The average Bonchev–Trinajstić information content (AvgIpc) is 2.32. The third kappa shape index (κ3) is 2.75. The van der Waals surface area contributed by atoms with Crippen LogP contribution in [-0.2, 0) is 0 Å². The molecule has 0 fully saturated rings. The number of pyridine rings is 2. The quantitative estimate of drug-likeness (QED) is 0.814. The van der Waals surface area contributed by atoms with Crippen molar-refractivity contribution < 1.29 is 4.79 Å². The standard InChI is InChI=1S/C12H11ClN4O/c1-7-2-3-15-10(4-7)17-12(18)9-5-8(14)6-16-11(9)13/h2-6H,14H2,1H3,(H,15,17,18). The monoisotopic (exact) mass is 262 g/mol. The largest absolute Gasteiger partial charge is 0.397 e. The minimum Gasteiger partial charge on any atom is -0.397 e. The fraction of sp³-hybridized carbons (Fsp3) is 0.0833. The molecular formula is C12H11ClN4O. The third-order valence-electron chi connectivity index (χ3n) is 2.26. The number of rotatable bonds is 2. The topological polar surface area (TPSA) is 80.9 Å². The lowest BCUT2D eigenvalue weighted by Gasteiger charge is -2.06. The number of anilines is 2. The van der Waals surface area contributed by atoms with Crippen molar-refractivity contribution in [2.75, 3.05) is 11.1 Å². The molecule has 2 aromatic heterocycles. The van der Waals surface area contributed by atoms with Crippen LogP contribution in [0, 0.1) is 6.92 Å². The van der Waals surface area contributed by atoms with Gasteiger partial charge in [0.2, 0.25) is 0 Å². The molecule has 0 bridgehead atoms. The second-order valence-electron chi connectivity index (χ2n) is 3.78. The van der Waals surface area contributed by atoms with Gasteiger partial charge in [-0.1, -0.05) is 11.6 Å². The SMILES string of the molecule is Cc1ccnc(NC(=O)c2cc(N)cnc2Cl)c1. The number of aryl methyl sites for hydroxylation is 1. The fourth-order valence-corrected chi connectivity index (χ4v) is 1.60. The van der Waals surface area contributed by atoms with Gasteiger partial charge in [0.05, 0.1) is 17.4 Å². The molecule has 5 nitrogen and oxygen atoms in total. The van der Waals surface area contributed by atoms with Crippen molar-refractivity contribution in [1.82, 2.24) is 9.97 Å². The molecule has 0 aromatic carbocycles. The molecule has 92 valence electrons. The average molecular weight is 263 g/mol. The van der Waals surface area contributed by atoms with Gasteiger partial charge in [0.15, 0.2) is 0 Å². The van der Waals surface area contributed by atoms with Crippen LogP contribution in [0.5, 0.6) is 0 Å². The summed E-state index contributed by atoms with van der Waals surface area (Å²) in [5.74, 6) is 0.0661. The van der Waals surface area contributed by atoms with Crippen LogP contribution in [-0.4, -0.2) is 15.9 Å². The van der Waals surface area contributed by atoms with Gasteiger partial charge in [0, 0.05) is 6.20 Å². The number of carbonyl (C=O) groups excluding carboxylic acids is 1. The highest BCUT2D eigenvalue weighted by molar-refractivity contribution is 6.33. The van der Waals surface area contributed by atoms with Crippen LogP contribution in [0.15, 0.2) is 30.6 Å². The first-order valence-electron chi connectivity index (χ1n) is 5.21. The van der Waals surface area contributed by atoms with Gasteiger partial charge in [0.25, 0.3) is 5.91 Å². The van der Waals surface area contributed by atoms with Crippen molar-refractivity contribution in [3.05, 3.63) is 46.9 Å². The number of halogens is 1. The molecule has 0 unspecified atom stereocenters. The summed E-state index contributed by atoms with van der Waals surface area (Å²) >= 11 is 5.84. The predicted molar refractivity (Wildman–Crippen MR) is 70.6 cm³/mol. The predicted octanol–water partition coefficient (Wildman–Crippen LogP) is 2.27. The lowest BCUT2D eigenvalue weighted by Crippen LogP contribution is -2.14. The fourth-order valence-electron chi connectivity index (χ4n) is 1.41. The van der Waals surface area contributed by atoms with Crippen LogP contribution < -0.4 is 11.1 Å². The molecule has 0 spiro atoms. The minimum absolute atomic E-state index is 0.106. The first-order valence-corrected chi connectivity index (χ1v) is 5.59. The zero-order valence-electron chi connectivity index (χ0n) is 9.64. The smallest absolute Gasteiger partial charge is 0.260 e. The molecule has 0 aliphatic rings.